The summed E-state index contributed by atoms with van der Waals surface area (Å²) in [6.45, 7) is 8.56. The van der Waals surface area contributed by atoms with Crippen molar-refractivity contribution >= 4 is 21.6 Å². The fourth-order valence-electron chi connectivity index (χ4n) is 3.83. The van der Waals surface area contributed by atoms with Crippen LogP contribution in [0.5, 0.6) is 0 Å². The number of benzene rings is 2. The molecule has 1 aliphatic rings. The Labute approximate surface area is 178 Å². The van der Waals surface area contributed by atoms with Crippen molar-refractivity contribution in [3.8, 4) is 0 Å². The molecule has 3 N–H and O–H groups in total. The Morgan fingerprint density at radius 1 is 1.13 bits per heavy atom. The molecule has 0 bridgehead atoms. The minimum Gasteiger partial charge on any atom is -0.373 e. The monoisotopic (exact) mass is 431 g/mol. The van der Waals surface area contributed by atoms with Crippen LogP contribution in [0.15, 0.2) is 47.4 Å². The summed E-state index contributed by atoms with van der Waals surface area (Å²) >= 11 is 0. The number of ether oxygens (including phenoxy) is 1. The summed E-state index contributed by atoms with van der Waals surface area (Å²) in [6, 6.07) is 12.2. The van der Waals surface area contributed by atoms with E-state index in [4.69, 9.17) is 9.88 Å². The number of primary sulfonamides is 1. The number of amides is 1. The van der Waals surface area contributed by atoms with Crippen LogP contribution >= 0.6 is 0 Å². The second kappa shape index (κ2) is 9.26. The Hall–Kier alpha value is -2.26. The van der Waals surface area contributed by atoms with Gasteiger partial charge < -0.3 is 10.1 Å². The van der Waals surface area contributed by atoms with E-state index < -0.39 is 10.0 Å². The van der Waals surface area contributed by atoms with E-state index in [0.717, 1.165) is 25.2 Å². The Balaban J connectivity index is 1.68. The molecule has 0 radical (unpaired) electrons. The predicted molar refractivity (Wildman–Crippen MR) is 117 cm³/mol. The van der Waals surface area contributed by atoms with Crippen molar-refractivity contribution in [2.45, 2.75) is 50.8 Å². The normalized spacial score (nSPS) is 20.1. The van der Waals surface area contributed by atoms with E-state index >= 15 is 0 Å². The van der Waals surface area contributed by atoms with Gasteiger partial charge in [0.25, 0.3) is 5.91 Å². The smallest absolute Gasteiger partial charge is 0.255 e. The third-order valence-electron chi connectivity index (χ3n) is 5.13. The lowest BCUT2D eigenvalue weighted by Gasteiger charge is -2.35. The molecule has 0 aliphatic carbocycles. The number of hydrogen-bond donors (Lipinski definition) is 2. The molecule has 7 nitrogen and oxygen atoms in total. The number of carbonyl (C=O) groups is 1. The Bertz CT molecular complexity index is 996. The molecule has 1 fully saturated rings. The molecule has 2 aromatic carbocycles. The first-order valence-corrected chi connectivity index (χ1v) is 11.6. The standard InChI is InChI=1S/C22H29N3O4S/c1-4-18-9-10-20(11-21(18)30(23,27)28)24-22(26)19-7-5-17(6-8-19)14-25-12-15(2)29-16(3)13-25/h5-11,15-16H,4,12-14H2,1-3H3,(H,24,26)(H2,23,27,28). The first kappa shape index (κ1) is 22.4. The molecule has 8 heteroatoms. The second-order valence-corrected chi connectivity index (χ2v) is 9.35. The molecule has 162 valence electrons. The van der Waals surface area contributed by atoms with Crippen LogP contribution in [0, 0.1) is 0 Å². The first-order chi connectivity index (χ1) is 14.2. The summed E-state index contributed by atoms with van der Waals surface area (Å²) in [5, 5.41) is 8.05. The van der Waals surface area contributed by atoms with Gasteiger partial charge in [0, 0.05) is 30.9 Å². The number of aryl methyl sites for hydroxylation is 1. The summed E-state index contributed by atoms with van der Waals surface area (Å²) in [4.78, 5) is 15.0. The van der Waals surface area contributed by atoms with E-state index in [-0.39, 0.29) is 23.0 Å². The number of anilines is 1. The molecule has 1 aliphatic heterocycles. The molecule has 1 amide bonds. The quantitative estimate of drug-likeness (QED) is 0.732. The van der Waals surface area contributed by atoms with Crippen molar-refractivity contribution < 1.29 is 17.9 Å². The third-order valence-corrected chi connectivity index (χ3v) is 6.12. The van der Waals surface area contributed by atoms with E-state index in [2.05, 4.69) is 24.1 Å². The van der Waals surface area contributed by atoms with Crippen molar-refractivity contribution in [1.29, 1.82) is 0 Å². The van der Waals surface area contributed by atoms with Crippen molar-refractivity contribution in [2.24, 2.45) is 5.14 Å². The zero-order chi connectivity index (χ0) is 21.9. The van der Waals surface area contributed by atoms with Gasteiger partial charge in [-0.2, -0.15) is 0 Å². The van der Waals surface area contributed by atoms with E-state index in [0.29, 0.717) is 23.2 Å². The Morgan fingerprint density at radius 2 is 1.77 bits per heavy atom. The lowest BCUT2D eigenvalue weighted by Crippen LogP contribution is -2.44. The Morgan fingerprint density at radius 3 is 2.33 bits per heavy atom. The minimum absolute atomic E-state index is 0.0344. The average Bonchev–Trinajstić information content (AvgIpc) is 2.67. The van der Waals surface area contributed by atoms with E-state index in [1.165, 1.54) is 6.07 Å². The zero-order valence-electron chi connectivity index (χ0n) is 17.6. The van der Waals surface area contributed by atoms with Gasteiger partial charge in [-0.15, -0.1) is 0 Å². The molecule has 30 heavy (non-hydrogen) atoms. The molecule has 0 aromatic heterocycles. The average molecular weight is 432 g/mol. The van der Waals surface area contributed by atoms with Crippen LogP contribution < -0.4 is 10.5 Å². The van der Waals surface area contributed by atoms with Crippen molar-refractivity contribution in [1.82, 2.24) is 4.90 Å². The van der Waals surface area contributed by atoms with Crippen LogP contribution in [0.1, 0.15) is 42.3 Å². The Kier molecular flexibility index (Phi) is 6.92. The van der Waals surface area contributed by atoms with Crippen LogP contribution in [0.4, 0.5) is 5.69 Å². The number of sulfonamides is 1. The highest BCUT2D eigenvalue weighted by molar-refractivity contribution is 7.89. The molecular weight excluding hydrogens is 402 g/mol. The number of carbonyl (C=O) groups excluding carboxylic acids is 1. The maximum atomic E-state index is 12.6. The summed E-state index contributed by atoms with van der Waals surface area (Å²) in [5.74, 6) is -0.306. The van der Waals surface area contributed by atoms with Gasteiger partial charge in [-0.3, -0.25) is 9.69 Å². The molecule has 0 spiro atoms. The number of nitrogens with zero attached hydrogens (tertiary/aromatic N) is 1. The lowest BCUT2D eigenvalue weighted by atomic mass is 10.1. The number of nitrogens with one attached hydrogen (secondary N) is 1. The maximum Gasteiger partial charge on any atom is 0.255 e. The lowest BCUT2D eigenvalue weighted by molar-refractivity contribution is -0.0704. The number of hydrogen-bond acceptors (Lipinski definition) is 5. The zero-order valence-corrected chi connectivity index (χ0v) is 18.4. The molecular formula is C22H29N3O4S. The van der Waals surface area contributed by atoms with Crippen LogP contribution in [0.25, 0.3) is 0 Å². The molecule has 1 saturated heterocycles. The fraction of sp³-hybridized carbons (Fsp3) is 0.409. The largest absolute Gasteiger partial charge is 0.373 e. The van der Waals surface area contributed by atoms with Crippen molar-refractivity contribution in [2.75, 3.05) is 18.4 Å². The van der Waals surface area contributed by atoms with E-state index in [9.17, 15) is 13.2 Å². The van der Waals surface area contributed by atoms with Gasteiger partial charge >= 0.3 is 0 Å². The second-order valence-electron chi connectivity index (χ2n) is 7.82. The summed E-state index contributed by atoms with van der Waals surface area (Å²) < 4.78 is 29.4. The van der Waals surface area contributed by atoms with Crippen LogP contribution in [-0.4, -0.2) is 44.5 Å². The highest BCUT2D eigenvalue weighted by Gasteiger charge is 2.22. The van der Waals surface area contributed by atoms with Crippen molar-refractivity contribution in [3.63, 3.8) is 0 Å². The maximum absolute atomic E-state index is 12.6. The fourth-order valence-corrected chi connectivity index (χ4v) is 4.69. The molecule has 3 rings (SSSR count). The van der Waals surface area contributed by atoms with Crippen LogP contribution in [0.3, 0.4) is 0 Å². The van der Waals surface area contributed by atoms with Gasteiger partial charge in [0.05, 0.1) is 17.1 Å². The predicted octanol–water partition coefficient (Wildman–Crippen LogP) is 2.76. The van der Waals surface area contributed by atoms with Crippen LogP contribution in [0.2, 0.25) is 0 Å². The summed E-state index contributed by atoms with van der Waals surface area (Å²) in [6.07, 6.45) is 0.947. The van der Waals surface area contributed by atoms with E-state index in [1.54, 1.807) is 24.3 Å². The molecule has 1 heterocycles. The first-order valence-electron chi connectivity index (χ1n) is 10.1. The van der Waals surface area contributed by atoms with Gasteiger partial charge in [0.15, 0.2) is 0 Å². The van der Waals surface area contributed by atoms with Crippen LogP contribution in [-0.2, 0) is 27.7 Å². The topological polar surface area (TPSA) is 102 Å². The number of rotatable bonds is 6. The SMILES string of the molecule is CCc1ccc(NC(=O)c2ccc(CN3CC(C)OC(C)C3)cc2)cc1S(N)(=O)=O. The number of nitrogens with two attached hydrogens (primary N) is 1. The van der Waals surface area contributed by atoms with Gasteiger partial charge in [0.1, 0.15) is 0 Å². The highest BCUT2D eigenvalue weighted by Crippen LogP contribution is 2.21. The number of morpholine rings is 1. The van der Waals surface area contributed by atoms with Crippen molar-refractivity contribution in [3.05, 3.63) is 59.2 Å². The molecule has 0 saturated carbocycles. The third kappa shape index (κ3) is 5.66. The van der Waals surface area contributed by atoms with Gasteiger partial charge in [-0.1, -0.05) is 25.1 Å². The minimum atomic E-state index is -3.86. The van der Waals surface area contributed by atoms with Gasteiger partial charge in [-0.05, 0) is 55.7 Å². The molecule has 2 unspecified atom stereocenters. The van der Waals surface area contributed by atoms with Gasteiger partial charge in [0.2, 0.25) is 10.0 Å². The summed E-state index contributed by atoms with van der Waals surface area (Å²) in [7, 11) is -3.86. The van der Waals surface area contributed by atoms with Gasteiger partial charge in [-0.25, -0.2) is 13.6 Å². The molecule has 2 aromatic rings. The molecule has 2 atom stereocenters. The van der Waals surface area contributed by atoms with E-state index in [1.807, 2.05) is 19.1 Å². The summed E-state index contributed by atoms with van der Waals surface area (Å²) in [5.41, 5.74) is 2.63. The highest BCUT2D eigenvalue weighted by atomic mass is 32.2.